The van der Waals surface area contributed by atoms with E-state index in [0.717, 1.165) is 29.8 Å². The van der Waals surface area contributed by atoms with Crippen LogP contribution in [0.15, 0.2) is 47.4 Å². The van der Waals surface area contributed by atoms with Gasteiger partial charge in [-0.1, -0.05) is 32.0 Å². The fourth-order valence-electron chi connectivity index (χ4n) is 4.21. The van der Waals surface area contributed by atoms with Crippen molar-refractivity contribution in [2.45, 2.75) is 44.2 Å². The first-order valence-electron chi connectivity index (χ1n) is 11.5. The number of hydrogen-bond donors (Lipinski definition) is 1. The summed E-state index contributed by atoms with van der Waals surface area (Å²) in [6.45, 7) is 7.52. The first kappa shape index (κ1) is 25.5. The zero-order valence-electron chi connectivity index (χ0n) is 20.2. The third kappa shape index (κ3) is 5.69. The average molecular weight is 477 g/mol. The molecule has 7 nitrogen and oxygen atoms in total. The first-order valence-corrected chi connectivity index (χ1v) is 12.9. The van der Waals surface area contributed by atoms with Crippen molar-refractivity contribution in [3.63, 3.8) is 0 Å². The van der Waals surface area contributed by atoms with Crippen LogP contribution in [0, 0.1) is 5.92 Å². The molecule has 0 bridgehead atoms. The van der Waals surface area contributed by atoms with E-state index in [4.69, 9.17) is 9.47 Å². The Hall–Kier alpha value is -2.13. The standard InChI is InChI=1S/C25H36N2O5S/c1-6-12-26(4)16-24-18(2)15-27(19(3)17-28)33(29,30)25-11-10-21(14-23(25)32-24)20-8-7-9-22(13-20)31-5/h7-11,13-14,18-19,24,28H,6,12,15-17H2,1-5H3/t18-,19-,24-/m0/s1. The van der Waals surface area contributed by atoms with Crippen molar-refractivity contribution in [3.8, 4) is 22.6 Å². The lowest BCUT2D eigenvalue weighted by Gasteiger charge is -2.37. The summed E-state index contributed by atoms with van der Waals surface area (Å²) >= 11 is 0. The second-order valence-electron chi connectivity index (χ2n) is 8.90. The van der Waals surface area contributed by atoms with E-state index in [1.165, 1.54) is 4.31 Å². The number of benzene rings is 2. The number of nitrogens with zero attached hydrogens (tertiary/aromatic N) is 2. The van der Waals surface area contributed by atoms with Gasteiger partial charge >= 0.3 is 0 Å². The molecular weight excluding hydrogens is 440 g/mol. The van der Waals surface area contributed by atoms with Crippen molar-refractivity contribution in [1.29, 1.82) is 0 Å². The van der Waals surface area contributed by atoms with Gasteiger partial charge < -0.3 is 19.5 Å². The van der Waals surface area contributed by atoms with E-state index in [0.29, 0.717) is 12.3 Å². The molecule has 0 amide bonds. The Bertz CT molecular complexity index is 1040. The molecule has 182 valence electrons. The number of likely N-dealkylation sites (N-methyl/N-ethyl adjacent to an activating group) is 1. The van der Waals surface area contributed by atoms with E-state index < -0.39 is 16.1 Å². The summed E-state index contributed by atoms with van der Waals surface area (Å²) in [5.74, 6) is 0.997. The second kappa shape index (κ2) is 10.9. The van der Waals surface area contributed by atoms with E-state index in [9.17, 15) is 13.5 Å². The topological polar surface area (TPSA) is 79.3 Å². The highest BCUT2D eigenvalue weighted by Crippen LogP contribution is 2.37. The first-order chi connectivity index (χ1) is 15.7. The summed E-state index contributed by atoms with van der Waals surface area (Å²) < 4.78 is 40.4. The minimum atomic E-state index is -3.85. The van der Waals surface area contributed by atoms with Gasteiger partial charge in [0, 0.05) is 25.0 Å². The van der Waals surface area contributed by atoms with Gasteiger partial charge in [-0.15, -0.1) is 0 Å². The van der Waals surface area contributed by atoms with Crippen LogP contribution >= 0.6 is 0 Å². The molecule has 33 heavy (non-hydrogen) atoms. The fourth-order valence-corrected chi connectivity index (χ4v) is 6.03. The van der Waals surface area contributed by atoms with E-state index in [1.807, 2.05) is 31.2 Å². The molecule has 0 radical (unpaired) electrons. The van der Waals surface area contributed by atoms with Gasteiger partial charge in [-0.25, -0.2) is 8.42 Å². The second-order valence-corrected chi connectivity index (χ2v) is 10.8. The van der Waals surface area contributed by atoms with Gasteiger partial charge in [0.1, 0.15) is 22.5 Å². The third-order valence-electron chi connectivity index (χ3n) is 6.17. The SMILES string of the molecule is CCCN(C)C[C@@H]1Oc2cc(-c3cccc(OC)c3)ccc2S(=O)(=O)N([C@@H](C)CO)C[C@@H]1C. The molecule has 1 aliphatic heterocycles. The minimum absolute atomic E-state index is 0.0679. The molecular formula is C25H36N2O5S. The van der Waals surface area contributed by atoms with Crippen molar-refractivity contribution >= 4 is 10.0 Å². The predicted octanol–water partition coefficient (Wildman–Crippen LogP) is 3.47. The Balaban J connectivity index is 2.11. The van der Waals surface area contributed by atoms with Gasteiger partial charge in [-0.05, 0) is 62.3 Å². The quantitative estimate of drug-likeness (QED) is 0.629. The zero-order chi connectivity index (χ0) is 24.2. The van der Waals surface area contributed by atoms with Gasteiger partial charge in [0.15, 0.2) is 0 Å². The number of aliphatic hydroxyl groups is 1. The summed E-state index contributed by atoms with van der Waals surface area (Å²) in [4.78, 5) is 2.34. The Labute approximate surface area is 198 Å². The lowest BCUT2D eigenvalue weighted by Crippen LogP contribution is -2.49. The monoisotopic (exact) mass is 476 g/mol. The molecule has 3 rings (SSSR count). The van der Waals surface area contributed by atoms with Gasteiger partial charge in [0.05, 0.1) is 13.7 Å². The van der Waals surface area contributed by atoms with Crippen LogP contribution in [0.5, 0.6) is 11.5 Å². The smallest absolute Gasteiger partial charge is 0.247 e. The Morgan fingerprint density at radius 2 is 1.97 bits per heavy atom. The van der Waals surface area contributed by atoms with Crippen LogP contribution in [0.4, 0.5) is 0 Å². The maximum Gasteiger partial charge on any atom is 0.247 e. The molecule has 1 aliphatic rings. The van der Waals surface area contributed by atoms with E-state index >= 15 is 0 Å². The Kier molecular flexibility index (Phi) is 8.39. The van der Waals surface area contributed by atoms with E-state index in [2.05, 4.69) is 18.9 Å². The number of ether oxygens (including phenoxy) is 2. The van der Waals surface area contributed by atoms with Crippen molar-refractivity contribution < 1.29 is 23.0 Å². The van der Waals surface area contributed by atoms with Gasteiger partial charge in [0.2, 0.25) is 10.0 Å². The lowest BCUT2D eigenvalue weighted by molar-refractivity contribution is 0.0753. The normalized spacial score (nSPS) is 21.5. The number of sulfonamides is 1. The molecule has 2 aromatic carbocycles. The van der Waals surface area contributed by atoms with Crippen molar-refractivity contribution in [2.24, 2.45) is 5.92 Å². The van der Waals surface area contributed by atoms with Crippen LogP contribution in [-0.2, 0) is 10.0 Å². The molecule has 0 unspecified atom stereocenters. The van der Waals surface area contributed by atoms with E-state index in [-0.39, 0.29) is 30.1 Å². The molecule has 0 saturated heterocycles. The maximum atomic E-state index is 13.6. The zero-order valence-corrected chi connectivity index (χ0v) is 21.0. The largest absolute Gasteiger partial charge is 0.497 e. The number of rotatable bonds is 8. The van der Waals surface area contributed by atoms with Crippen molar-refractivity contribution in [3.05, 3.63) is 42.5 Å². The van der Waals surface area contributed by atoms with Crippen LogP contribution in [0.3, 0.4) is 0 Å². The maximum absolute atomic E-state index is 13.6. The Morgan fingerprint density at radius 3 is 2.64 bits per heavy atom. The fraction of sp³-hybridized carbons (Fsp3) is 0.520. The van der Waals surface area contributed by atoms with Crippen LogP contribution in [-0.4, -0.2) is 75.3 Å². The lowest BCUT2D eigenvalue weighted by atomic mass is 10.0. The number of fused-ring (bicyclic) bond motifs is 1. The summed E-state index contributed by atoms with van der Waals surface area (Å²) in [6, 6.07) is 12.3. The Morgan fingerprint density at radius 1 is 1.24 bits per heavy atom. The highest BCUT2D eigenvalue weighted by atomic mass is 32.2. The summed E-state index contributed by atoms with van der Waals surface area (Å²) in [5, 5.41) is 9.78. The number of aliphatic hydroxyl groups excluding tert-OH is 1. The molecule has 1 N–H and O–H groups in total. The van der Waals surface area contributed by atoms with Crippen LogP contribution < -0.4 is 9.47 Å². The molecule has 3 atom stereocenters. The van der Waals surface area contributed by atoms with Crippen molar-refractivity contribution in [2.75, 3.05) is 40.4 Å². The molecule has 0 spiro atoms. The van der Waals surface area contributed by atoms with Crippen molar-refractivity contribution in [1.82, 2.24) is 9.21 Å². The third-order valence-corrected chi connectivity index (χ3v) is 8.19. The minimum Gasteiger partial charge on any atom is -0.497 e. The summed E-state index contributed by atoms with van der Waals surface area (Å²) in [5.41, 5.74) is 1.76. The van der Waals surface area contributed by atoms with Crippen LogP contribution in [0.25, 0.3) is 11.1 Å². The molecule has 2 aromatic rings. The van der Waals surface area contributed by atoms with Gasteiger partial charge in [-0.3, -0.25) is 0 Å². The van der Waals surface area contributed by atoms with E-state index in [1.54, 1.807) is 32.2 Å². The molecule has 0 aromatic heterocycles. The molecule has 1 heterocycles. The summed E-state index contributed by atoms with van der Waals surface area (Å²) in [7, 11) is -0.182. The van der Waals surface area contributed by atoms with Gasteiger partial charge in [0.25, 0.3) is 0 Å². The highest BCUT2D eigenvalue weighted by molar-refractivity contribution is 7.89. The van der Waals surface area contributed by atoms with Crippen LogP contribution in [0.2, 0.25) is 0 Å². The van der Waals surface area contributed by atoms with Gasteiger partial charge in [-0.2, -0.15) is 4.31 Å². The molecule has 0 fully saturated rings. The molecule has 0 aliphatic carbocycles. The summed E-state index contributed by atoms with van der Waals surface area (Å²) in [6.07, 6.45) is 0.820. The highest BCUT2D eigenvalue weighted by Gasteiger charge is 2.38. The molecule has 8 heteroatoms. The molecule has 0 saturated carbocycles. The van der Waals surface area contributed by atoms with Crippen LogP contribution in [0.1, 0.15) is 27.2 Å². The number of hydrogen-bond acceptors (Lipinski definition) is 6. The number of methoxy groups -OCH3 is 1. The average Bonchev–Trinajstić information content (AvgIpc) is 2.80. The predicted molar refractivity (Wildman–Crippen MR) is 130 cm³/mol.